The first-order valence-corrected chi connectivity index (χ1v) is 15.3. The molecule has 0 saturated carbocycles. The van der Waals surface area contributed by atoms with Crippen molar-refractivity contribution < 1.29 is 28.1 Å². The van der Waals surface area contributed by atoms with Gasteiger partial charge in [0.15, 0.2) is 25.5 Å². The third-order valence-corrected chi connectivity index (χ3v) is 8.70. The van der Waals surface area contributed by atoms with Crippen molar-refractivity contribution in [2.45, 2.75) is 25.9 Å². The molecule has 2 aliphatic rings. The lowest BCUT2D eigenvalue weighted by Crippen LogP contribution is -2.43. The molecule has 8 heteroatoms. The Morgan fingerprint density at radius 2 is 1.00 bits per heavy atom. The number of fused-ring (bicyclic) bond motifs is 7. The van der Waals surface area contributed by atoms with E-state index in [0.29, 0.717) is 23.5 Å². The average Bonchev–Trinajstić information content (AvgIpc) is 3.12. The highest BCUT2D eigenvalue weighted by molar-refractivity contribution is 5.86. The average molecular weight is 613 g/mol. The summed E-state index contributed by atoms with van der Waals surface area (Å²) in [7, 11) is 6.45. The van der Waals surface area contributed by atoms with Crippen LogP contribution in [0.3, 0.4) is 0 Å². The first kappa shape index (κ1) is 29.2. The van der Waals surface area contributed by atoms with Gasteiger partial charge in [-0.2, -0.15) is 19.1 Å². The lowest BCUT2D eigenvalue weighted by molar-refractivity contribution is -0.689. The summed E-state index contributed by atoms with van der Waals surface area (Å²) in [5.74, 6) is 2.11. The summed E-state index contributed by atoms with van der Waals surface area (Å²) in [4.78, 5) is 8.85. The van der Waals surface area contributed by atoms with Crippen LogP contribution in [0.15, 0.2) is 73.1 Å². The summed E-state index contributed by atoms with van der Waals surface area (Å²) in [5, 5.41) is 0. The number of aromatic nitrogens is 4. The number of ether oxygens (including phenoxy) is 4. The molecule has 0 bridgehead atoms. The molecule has 0 saturated heterocycles. The highest BCUT2D eigenvalue weighted by atomic mass is 16.5. The van der Waals surface area contributed by atoms with Crippen LogP contribution in [0, 0.1) is 0 Å². The van der Waals surface area contributed by atoms with Gasteiger partial charge in [0.25, 0.3) is 0 Å². The van der Waals surface area contributed by atoms with Crippen LogP contribution in [0.5, 0.6) is 23.5 Å². The summed E-state index contributed by atoms with van der Waals surface area (Å²) >= 11 is 0. The number of hydrogen-bond acceptors (Lipinski definition) is 6. The van der Waals surface area contributed by atoms with Gasteiger partial charge < -0.3 is 18.9 Å². The van der Waals surface area contributed by atoms with Crippen molar-refractivity contribution in [1.29, 1.82) is 0 Å². The summed E-state index contributed by atoms with van der Waals surface area (Å²) in [6, 6.07) is 21.2. The molecular formula is C38H36N4O4+2. The maximum Gasteiger partial charge on any atom is 0.223 e. The molecule has 0 fully saturated rings. The molecule has 5 aromatic rings. The van der Waals surface area contributed by atoms with Gasteiger partial charge in [-0.15, -0.1) is 0 Å². The quantitative estimate of drug-likeness (QED) is 0.204. The lowest BCUT2D eigenvalue weighted by atomic mass is 9.84. The Balaban J connectivity index is 1.28. The molecule has 46 heavy (non-hydrogen) atoms. The second kappa shape index (κ2) is 12.5. The Morgan fingerprint density at radius 1 is 0.543 bits per heavy atom. The maximum absolute atomic E-state index is 5.51. The van der Waals surface area contributed by atoms with Gasteiger partial charge in [0, 0.05) is 60.4 Å². The van der Waals surface area contributed by atoms with E-state index in [0.717, 1.165) is 48.2 Å². The highest BCUT2D eigenvalue weighted by Crippen LogP contribution is 2.40. The Hall–Kier alpha value is -5.50. The van der Waals surface area contributed by atoms with Crippen molar-refractivity contribution in [3.63, 3.8) is 0 Å². The second-order valence-electron chi connectivity index (χ2n) is 11.3. The minimum absolute atomic E-state index is 0.523. The molecule has 230 valence electrons. The standard InChI is InChI=1S/C38H36N4O4/c1-43-33-13-11-29(37(39-33)45-3)7-5-25-15-19-41-21-17-27-9-10-28-18-22-42-20-16-26(24-32(42)36(28)35(27)31(41)23-25)6-8-30-12-14-34(44-2)40-38(30)46-4/h5-16,19-20,23-24H,17-18,21-22H2,1-4H3/q+2. The van der Waals surface area contributed by atoms with Crippen LogP contribution in [-0.2, 0) is 25.9 Å². The molecule has 0 aliphatic carbocycles. The molecule has 0 N–H and O–H groups in total. The third-order valence-electron chi connectivity index (χ3n) is 8.70. The number of pyridine rings is 4. The van der Waals surface area contributed by atoms with Crippen LogP contribution in [0.4, 0.5) is 0 Å². The van der Waals surface area contributed by atoms with E-state index >= 15 is 0 Å². The molecule has 0 unspecified atom stereocenters. The van der Waals surface area contributed by atoms with Crippen LogP contribution >= 0.6 is 0 Å². The third kappa shape index (κ3) is 5.47. The second-order valence-corrected chi connectivity index (χ2v) is 11.3. The number of aryl methyl sites for hydroxylation is 4. The molecule has 2 aliphatic heterocycles. The van der Waals surface area contributed by atoms with E-state index in [9.17, 15) is 0 Å². The van der Waals surface area contributed by atoms with Gasteiger partial charge in [0.2, 0.25) is 34.9 Å². The minimum atomic E-state index is 0.523. The number of nitrogens with zero attached hydrogens (tertiary/aromatic N) is 4. The van der Waals surface area contributed by atoms with Gasteiger partial charge in [0.05, 0.1) is 39.6 Å². The molecule has 8 nitrogen and oxygen atoms in total. The molecule has 0 amide bonds. The number of rotatable bonds is 8. The zero-order valence-electron chi connectivity index (χ0n) is 26.5. The van der Waals surface area contributed by atoms with Crippen LogP contribution in [0.25, 0.3) is 46.8 Å². The van der Waals surface area contributed by atoms with Gasteiger partial charge in [-0.05, 0) is 46.5 Å². The molecule has 0 radical (unpaired) electrons. The largest absolute Gasteiger partial charge is 0.481 e. The molecular weight excluding hydrogens is 576 g/mol. The van der Waals surface area contributed by atoms with Crippen LogP contribution in [0.1, 0.15) is 33.4 Å². The molecule has 7 rings (SSSR count). The van der Waals surface area contributed by atoms with Crippen LogP contribution < -0.4 is 28.1 Å². The SMILES string of the molecule is COc1ccc(C=Cc2cc[n+]3c(c2)-c2c(ccc4c2-c2cc(C=Cc5ccc(OC)nc5OC)cc[n+]2CC4)CC3)c(OC)n1. The maximum atomic E-state index is 5.51. The molecule has 6 heterocycles. The molecule has 0 spiro atoms. The van der Waals surface area contributed by atoms with E-state index in [1.807, 2.05) is 36.4 Å². The van der Waals surface area contributed by atoms with Crippen LogP contribution in [0.2, 0.25) is 0 Å². The van der Waals surface area contributed by atoms with Crippen molar-refractivity contribution in [3.05, 3.63) is 106 Å². The Labute approximate surface area is 268 Å². The molecule has 4 aromatic heterocycles. The number of methoxy groups -OCH3 is 4. The first-order chi connectivity index (χ1) is 22.6. The van der Waals surface area contributed by atoms with Gasteiger partial charge in [-0.25, -0.2) is 0 Å². The Bertz CT molecular complexity index is 1870. The summed E-state index contributed by atoms with van der Waals surface area (Å²) in [5.41, 5.74) is 11.8. The smallest absolute Gasteiger partial charge is 0.223 e. The summed E-state index contributed by atoms with van der Waals surface area (Å²) in [6.07, 6.45) is 14.7. The monoisotopic (exact) mass is 612 g/mol. The minimum Gasteiger partial charge on any atom is -0.481 e. The lowest BCUT2D eigenvalue weighted by Gasteiger charge is -2.23. The first-order valence-electron chi connectivity index (χ1n) is 15.3. The predicted octanol–water partition coefficient (Wildman–Crippen LogP) is 5.87. The highest BCUT2D eigenvalue weighted by Gasteiger charge is 2.33. The topological polar surface area (TPSA) is 70.5 Å². The fourth-order valence-electron chi connectivity index (χ4n) is 6.34. The summed E-state index contributed by atoms with van der Waals surface area (Å²) < 4.78 is 26.3. The fraction of sp³-hybridized carbons (Fsp3) is 0.211. The predicted molar refractivity (Wildman–Crippen MR) is 178 cm³/mol. The van der Waals surface area contributed by atoms with Gasteiger partial charge in [-0.1, -0.05) is 24.3 Å². The molecule has 1 aromatic carbocycles. The fourth-order valence-corrected chi connectivity index (χ4v) is 6.34. The Morgan fingerprint density at radius 3 is 1.41 bits per heavy atom. The van der Waals surface area contributed by atoms with E-state index in [1.54, 1.807) is 28.4 Å². The van der Waals surface area contributed by atoms with E-state index in [4.69, 9.17) is 18.9 Å². The van der Waals surface area contributed by atoms with Gasteiger partial charge >= 0.3 is 0 Å². The van der Waals surface area contributed by atoms with Gasteiger partial charge in [-0.3, -0.25) is 0 Å². The van der Waals surface area contributed by atoms with E-state index in [-0.39, 0.29) is 0 Å². The zero-order chi connectivity index (χ0) is 31.6. The van der Waals surface area contributed by atoms with Crippen molar-refractivity contribution in [1.82, 2.24) is 9.97 Å². The van der Waals surface area contributed by atoms with E-state index in [1.165, 1.54) is 33.6 Å². The van der Waals surface area contributed by atoms with Crippen molar-refractivity contribution in [2.24, 2.45) is 0 Å². The summed E-state index contributed by atoms with van der Waals surface area (Å²) in [6.45, 7) is 1.89. The van der Waals surface area contributed by atoms with Crippen molar-refractivity contribution in [2.75, 3.05) is 28.4 Å². The Kier molecular flexibility index (Phi) is 7.93. The van der Waals surface area contributed by atoms with Gasteiger partial charge in [0.1, 0.15) is 0 Å². The van der Waals surface area contributed by atoms with E-state index in [2.05, 4.69) is 80.0 Å². The zero-order valence-corrected chi connectivity index (χ0v) is 26.5. The normalized spacial score (nSPS) is 13.1. The van der Waals surface area contributed by atoms with Crippen LogP contribution in [-0.4, -0.2) is 38.4 Å². The number of benzene rings is 1. The van der Waals surface area contributed by atoms with Crippen molar-refractivity contribution in [3.8, 4) is 46.0 Å². The van der Waals surface area contributed by atoms with E-state index < -0.39 is 0 Å². The van der Waals surface area contributed by atoms with Crippen molar-refractivity contribution >= 4 is 24.3 Å². The number of hydrogen-bond donors (Lipinski definition) is 0. The molecule has 0 atom stereocenters.